The summed E-state index contributed by atoms with van der Waals surface area (Å²) >= 11 is 13.3. The van der Waals surface area contributed by atoms with E-state index < -0.39 is 17.9 Å². The van der Waals surface area contributed by atoms with Crippen molar-refractivity contribution in [2.75, 3.05) is 12.4 Å². The van der Waals surface area contributed by atoms with Crippen molar-refractivity contribution >= 4 is 57.4 Å². The molecule has 0 radical (unpaired) electrons. The highest BCUT2D eigenvalue weighted by Gasteiger charge is 2.29. The molecule has 1 aromatic heterocycles. The third-order valence-electron chi connectivity index (χ3n) is 3.95. The van der Waals surface area contributed by atoms with Crippen LogP contribution in [0.25, 0.3) is 0 Å². The first-order chi connectivity index (χ1) is 12.4. The molecular weight excluding hydrogens is 399 g/mol. The van der Waals surface area contributed by atoms with Crippen molar-refractivity contribution < 1.29 is 19.1 Å². The van der Waals surface area contributed by atoms with Gasteiger partial charge in [-0.3, -0.25) is 14.9 Å². The maximum Gasteiger partial charge on any atom is 0.413 e. The molecule has 0 bridgehead atoms. The monoisotopic (exact) mass is 412 g/mol. The van der Waals surface area contributed by atoms with Gasteiger partial charge >= 0.3 is 6.09 Å². The zero-order chi connectivity index (χ0) is 18.8. The van der Waals surface area contributed by atoms with Gasteiger partial charge in [0.25, 0.3) is 11.8 Å². The number of thiophene rings is 1. The number of alkyl carbamates (subject to hydrolysis) is 1. The molecule has 0 atom stereocenters. The summed E-state index contributed by atoms with van der Waals surface area (Å²) in [4.78, 5) is 37.5. The predicted octanol–water partition coefficient (Wildman–Crippen LogP) is 4.29. The summed E-state index contributed by atoms with van der Waals surface area (Å²) in [5, 5.41) is 5.86. The summed E-state index contributed by atoms with van der Waals surface area (Å²) in [6, 6.07) is 4.56. The van der Waals surface area contributed by atoms with Gasteiger partial charge in [-0.2, -0.15) is 0 Å². The van der Waals surface area contributed by atoms with Crippen LogP contribution in [0.5, 0.6) is 0 Å². The van der Waals surface area contributed by atoms with Gasteiger partial charge in [-0.1, -0.05) is 23.2 Å². The van der Waals surface area contributed by atoms with Crippen LogP contribution in [0.4, 0.5) is 9.80 Å². The minimum atomic E-state index is -0.858. The summed E-state index contributed by atoms with van der Waals surface area (Å²) in [6.45, 7) is 0. The Morgan fingerprint density at radius 3 is 2.65 bits per heavy atom. The molecule has 3 amide bonds. The van der Waals surface area contributed by atoms with E-state index in [1.165, 1.54) is 30.6 Å². The lowest BCUT2D eigenvalue weighted by Gasteiger charge is -2.09. The number of halogens is 2. The Kier molecular flexibility index (Phi) is 5.50. The number of anilines is 1. The fourth-order valence-corrected chi connectivity index (χ4v) is 4.44. The van der Waals surface area contributed by atoms with Gasteiger partial charge in [-0.05, 0) is 43.0 Å². The Morgan fingerprint density at radius 2 is 1.92 bits per heavy atom. The van der Waals surface area contributed by atoms with Crippen molar-refractivity contribution in [2.45, 2.75) is 19.3 Å². The van der Waals surface area contributed by atoms with Crippen molar-refractivity contribution in [1.29, 1.82) is 0 Å². The van der Waals surface area contributed by atoms with Crippen LogP contribution >= 0.6 is 34.5 Å². The van der Waals surface area contributed by atoms with E-state index in [2.05, 4.69) is 15.4 Å². The average molecular weight is 413 g/mol. The third-order valence-corrected chi connectivity index (χ3v) is 5.72. The van der Waals surface area contributed by atoms with Gasteiger partial charge in [-0.15, -0.1) is 11.3 Å². The summed E-state index contributed by atoms with van der Waals surface area (Å²) in [6.07, 6.45) is 1.60. The molecular formula is C17H14Cl2N2O4S. The Bertz CT molecular complexity index is 910. The molecule has 0 spiro atoms. The Balaban J connectivity index is 1.93. The number of aryl methyl sites for hydroxylation is 1. The van der Waals surface area contributed by atoms with E-state index in [4.69, 9.17) is 23.2 Å². The Labute approximate surface area is 163 Å². The number of amides is 3. The number of imide groups is 1. The summed E-state index contributed by atoms with van der Waals surface area (Å²) in [7, 11) is 1.17. The molecule has 1 aliphatic carbocycles. The highest BCUT2D eigenvalue weighted by atomic mass is 35.5. The van der Waals surface area contributed by atoms with Gasteiger partial charge in [0, 0.05) is 9.90 Å². The number of carbonyl (C=O) groups excluding carboxylic acids is 3. The second kappa shape index (κ2) is 7.65. The lowest BCUT2D eigenvalue weighted by atomic mass is 10.1. The van der Waals surface area contributed by atoms with Crippen molar-refractivity contribution in [3.8, 4) is 0 Å². The van der Waals surface area contributed by atoms with E-state index in [1.807, 2.05) is 0 Å². The third kappa shape index (κ3) is 3.70. The quantitative estimate of drug-likeness (QED) is 0.786. The number of rotatable bonds is 3. The number of hydrogen-bond donors (Lipinski definition) is 2. The largest absolute Gasteiger partial charge is 0.453 e. The molecule has 136 valence electrons. The lowest BCUT2D eigenvalue weighted by molar-refractivity contribution is 0.0937. The highest BCUT2D eigenvalue weighted by molar-refractivity contribution is 7.17. The summed E-state index contributed by atoms with van der Waals surface area (Å²) in [5.41, 5.74) is 1.34. The molecule has 0 saturated carbocycles. The Hall–Kier alpha value is -2.09. The van der Waals surface area contributed by atoms with Gasteiger partial charge in [-0.25, -0.2) is 4.79 Å². The fourth-order valence-electron chi connectivity index (χ4n) is 2.78. The van der Waals surface area contributed by atoms with Crippen molar-refractivity contribution in [3.63, 3.8) is 0 Å². The van der Waals surface area contributed by atoms with Crippen LogP contribution in [0.15, 0.2) is 18.2 Å². The number of carbonyl (C=O) groups is 3. The number of nitrogens with one attached hydrogen (secondary N) is 2. The molecule has 3 rings (SSSR count). The predicted molar refractivity (Wildman–Crippen MR) is 101 cm³/mol. The molecule has 0 aliphatic heterocycles. The van der Waals surface area contributed by atoms with Crippen LogP contribution in [0.1, 0.15) is 37.6 Å². The summed E-state index contributed by atoms with van der Waals surface area (Å²) in [5.74, 6) is -1.09. The molecule has 0 unspecified atom stereocenters. The van der Waals surface area contributed by atoms with Gasteiger partial charge in [0.15, 0.2) is 0 Å². The Morgan fingerprint density at radius 1 is 1.15 bits per heavy atom. The smallest absolute Gasteiger partial charge is 0.413 e. The lowest BCUT2D eigenvalue weighted by Crippen LogP contribution is -2.31. The molecule has 2 N–H and O–H groups in total. The van der Waals surface area contributed by atoms with E-state index >= 15 is 0 Å². The number of hydrogen-bond acceptors (Lipinski definition) is 5. The van der Waals surface area contributed by atoms with E-state index in [9.17, 15) is 14.4 Å². The molecule has 0 saturated heterocycles. The first-order valence-corrected chi connectivity index (χ1v) is 9.28. The van der Waals surface area contributed by atoms with Crippen LogP contribution in [-0.4, -0.2) is 25.0 Å². The molecule has 26 heavy (non-hydrogen) atoms. The van der Waals surface area contributed by atoms with Crippen molar-refractivity contribution in [3.05, 3.63) is 49.8 Å². The second-order valence-electron chi connectivity index (χ2n) is 5.59. The topological polar surface area (TPSA) is 84.5 Å². The van der Waals surface area contributed by atoms with Gasteiger partial charge < -0.3 is 10.1 Å². The van der Waals surface area contributed by atoms with E-state index in [-0.39, 0.29) is 10.6 Å². The SMILES string of the molecule is COC(=O)NC(=O)c1c(NC(=O)c2cc(Cl)ccc2Cl)sc2c1CCC2. The average Bonchev–Trinajstić information content (AvgIpc) is 3.17. The minimum absolute atomic E-state index is 0.201. The second-order valence-corrected chi connectivity index (χ2v) is 7.53. The van der Waals surface area contributed by atoms with Crippen LogP contribution in [0.3, 0.4) is 0 Å². The van der Waals surface area contributed by atoms with E-state index in [1.54, 1.807) is 6.07 Å². The molecule has 2 aromatic rings. The molecule has 6 nitrogen and oxygen atoms in total. The molecule has 1 aliphatic rings. The number of ether oxygens (including phenoxy) is 1. The molecule has 9 heteroatoms. The number of benzene rings is 1. The zero-order valence-corrected chi connectivity index (χ0v) is 16.0. The first-order valence-electron chi connectivity index (χ1n) is 7.71. The highest BCUT2D eigenvalue weighted by Crippen LogP contribution is 2.39. The van der Waals surface area contributed by atoms with E-state index in [0.717, 1.165) is 23.3 Å². The number of methoxy groups -OCH3 is 1. The fraction of sp³-hybridized carbons (Fsp3) is 0.235. The maximum absolute atomic E-state index is 12.6. The molecule has 1 heterocycles. The van der Waals surface area contributed by atoms with E-state index in [0.29, 0.717) is 22.0 Å². The normalized spacial score (nSPS) is 12.4. The van der Waals surface area contributed by atoms with Crippen LogP contribution < -0.4 is 10.6 Å². The van der Waals surface area contributed by atoms with Gasteiger partial charge in [0.2, 0.25) is 0 Å². The first kappa shape index (κ1) is 18.7. The minimum Gasteiger partial charge on any atom is -0.453 e. The van der Waals surface area contributed by atoms with Crippen LogP contribution in [-0.2, 0) is 17.6 Å². The van der Waals surface area contributed by atoms with Gasteiger partial charge in [0.1, 0.15) is 5.00 Å². The number of fused-ring (bicyclic) bond motifs is 1. The van der Waals surface area contributed by atoms with Gasteiger partial charge in [0.05, 0.1) is 23.3 Å². The zero-order valence-electron chi connectivity index (χ0n) is 13.7. The maximum atomic E-state index is 12.6. The standard InChI is InChI=1S/C17H14Cl2N2O4S/c1-25-17(24)21-15(23)13-9-3-2-4-12(9)26-16(13)20-14(22)10-7-8(18)5-6-11(10)19/h5-7H,2-4H2,1H3,(H,20,22)(H,21,23,24). The van der Waals surface area contributed by atoms with Crippen molar-refractivity contribution in [1.82, 2.24) is 5.32 Å². The molecule has 1 aromatic carbocycles. The summed E-state index contributed by atoms with van der Waals surface area (Å²) < 4.78 is 4.47. The van der Waals surface area contributed by atoms with Crippen LogP contribution in [0.2, 0.25) is 10.0 Å². The van der Waals surface area contributed by atoms with Crippen LogP contribution in [0, 0.1) is 0 Å². The van der Waals surface area contributed by atoms with Crippen molar-refractivity contribution in [2.24, 2.45) is 0 Å². The molecule has 0 fully saturated rings.